The second-order valence-corrected chi connectivity index (χ2v) is 8.51. The van der Waals surface area contributed by atoms with Crippen LogP contribution in [0.1, 0.15) is 42.7 Å². The fourth-order valence-corrected chi connectivity index (χ4v) is 4.28. The highest BCUT2D eigenvalue weighted by Crippen LogP contribution is 2.44. The molecule has 178 valence electrons. The molecule has 1 fully saturated rings. The Bertz CT molecular complexity index is 1080. The van der Waals surface area contributed by atoms with E-state index in [9.17, 15) is 24.3 Å². The first-order valence-electron chi connectivity index (χ1n) is 11.1. The van der Waals surface area contributed by atoms with Gasteiger partial charge in [-0.3, -0.25) is 9.59 Å². The van der Waals surface area contributed by atoms with Gasteiger partial charge in [0, 0.05) is 12.3 Å². The van der Waals surface area contributed by atoms with Crippen molar-refractivity contribution >= 4 is 23.9 Å². The van der Waals surface area contributed by atoms with Gasteiger partial charge in [0.1, 0.15) is 18.2 Å². The van der Waals surface area contributed by atoms with E-state index < -0.39 is 35.5 Å². The molecule has 0 saturated heterocycles. The maximum absolute atomic E-state index is 12.7. The summed E-state index contributed by atoms with van der Waals surface area (Å²) in [7, 11) is 1.20. The van der Waals surface area contributed by atoms with Gasteiger partial charge >= 0.3 is 18.0 Å². The van der Waals surface area contributed by atoms with Crippen LogP contribution in [0.2, 0.25) is 0 Å². The molecule has 0 bridgehead atoms. The smallest absolute Gasteiger partial charge is 0.408 e. The highest BCUT2D eigenvalue weighted by Gasteiger charge is 2.52. The molecule has 2 aromatic rings. The molecule has 9 heteroatoms. The van der Waals surface area contributed by atoms with Gasteiger partial charge in [0.2, 0.25) is 5.91 Å². The predicted octanol–water partition coefficient (Wildman–Crippen LogP) is 2.58. The van der Waals surface area contributed by atoms with Crippen LogP contribution in [0.5, 0.6) is 0 Å². The fraction of sp³-hybridized carbons (Fsp3) is 0.360. The molecule has 0 radical (unpaired) electrons. The summed E-state index contributed by atoms with van der Waals surface area (Å²) in [4.78, 5) is 48.1. The van der Waals surface area contributed by atoms with Crippen molar-refractivity contribution in [2.75, 3.05) is 13.7 Å². The third kappa shape index (κ3) is 4.73. The van der Waals surface area contributed by atoms with Crippen molar-refractivity contribution < 1.29 is 33.8 Å². The van der Waals surface area contributed by atoms with Gasteiger partial charge in [0.15, 0.2) is 0 Å². The summed E-state index contributed by atoms with van der Waals surface area (Å²) in [5.41, 5.74) is 3.16. The number of hydrogen-bond donors (Lipinski definition) is 3. The Balaban J connectivity index is 1.35. The molecule has 2 aliphatic carbocycles. The number of ether oxygens (including phenoxy) is 2. The van der Waals surface area contributed by atoms with Crippen molar-refractivity contribution in [3.63, 3.8) is 0 Å². The van der Waals surface area contributed by atoms with E-state index in [4.69, 9.17) is 4.74 Å². The third-order valence-electron chi connectivity index (χ3n) is 6.34. The Kier molecular flexibility index (Phi) is 6.54. The maximum atomic E-state index is 12.7. The summed E-state index contributed by atoms with van der Waals surface area (Å²) in [5, 5.41) is 14.4. The van der Waals surface area contributed by atoms with Crippen LogP contribution in [0.3, 0.4) is 0 Å². The second kappa shape index (κ2) is 9.54. The van der Waals surface area contributed by atoms with Crippen molar-refractivity contribution in [3.05, 3.63) is 59.7 Å². The quantitative estimate of drug-likeness (QED) is 0.484. The summed E-state index contributed by atoms with van der Waals surface area (Å²) in [5.74, 6) is -2.57. The summed E-state index contributed by atoms with van der Waals surface area (Å²) in [6.45, 7) is 0.106. The molecule has 0 aliphatic heterocycles. The standard InChI is InChI=1S/C25H26N2O7/c1-33-21(28)11-10-20(22(29)30)26-23(31)25(12-13-25)27-24(32)34-14-19-17-8-4-2-6-15(17)16-7-3-5-9-18(16)19/h2-9,19-20H,10-14H2,1H3,(H,26,31)(H,27,32)(H,29,30)/t20-/m0/s1. The number of methoxy groups -OCH3 is 1. The van der Waals surface area contributed by atoms with Crippen molar-refractivity contribution in [3.8, 4) is 11.1 Å². The molecule has 0 heterocycles. The molecule has 2 aromatic carbocycles. The highest BCUT2D eigenvalue weighted by atomic mass is 16.5. The van der Waals surface area contributed by atoms with Crippen LogP contribution < -0.4 is 10.6 Å². The number of nitrogens with one attached hydrogen (secondary N) is 2. The first-order chi connectivity index (χ1) is 16.3. The molecular formula is C25H26N2O7. The number of fused-ring (bicyclic) bond motifs is 3. The average Bonchev–Trinajstić information content (AvgIpc) is 3.55. The number of carbonyl (C=O) groups is 4. The fourth-order valence-electron chi connectivity index (χ4n) is 4.28. The van der Waals surface area contributed by atoms with Crippen molar-refractivity contribution in [1.29, 1.82) is 0 Å². The molecule has 4 rings (SSSR count). The van der Waals surface area contributed by atoms with Crippen molar-refractivity contribution in [2.24, 2.45) is 0 Å². The van der Waals surface area contributed by atoms with Crippen LogP contribution in [0, 0.1) is 0 Å². The Morgan fingerprint density at radius 3 is 2.15 bits per heavy atom. The molecule has 1 atom stereocenters. The van der Waals surface area contributed by atoms with Gasteiger partial charge in [0.05, 0.1) is 7.11 Å². The number of carboxylic acids is 1. The number of carbonyl (C=O) groups excluding carboxylic acids is 3. The number of alkyl carbamates (subject to hydrolysis) is 1. The van der Waals surface area contributed by atoms with E-state index in [0.29, 0.717) is 12.8 Å². The lowest BCUT2D eigenvalue weighted by atomic mass is 9.98. The summed E-state index contributed by atoms with van der Waals surface area (Å²) in [6.07, 6.45) is -0.274. The van der Waals surface area contributed by atoms with Crippen LogP contribution in [0.4, 0.5) is 4.79 Å². The molecule has 3 N–H and O–H groups in total. The van der Waals surface area contributed by atoms with Crippen molar-refractivity contribution in [1.82, 2.24) is 10.6 Å². The number of benzene rings is 2. The topological polar surface area (TPSA) is 131 Å². The Labute approximate surface area is 196 Å². The Morgan fingerprint density at radius 2 is 1.62 bits per heavy atom. The lowest BCUT2D eigenvalue weighted by Crippen LogP contribution is -2.53. The number of rotatable bonds is 9. The largest absolute Gasteiger partial charge is 0.480 e. The maximum Gasteiger partial charge on any atom is 0.408 e. The van der Waals surface area contributed by atoms with Crippen LogP contribution in [-0.4, -0.2) is 54.3 Å². The lowest BCUT2D eigenvalue weighted by molar-refractivity contribution is -0.144. The Hall–Kier alpha value is -3.88. The molecule has 34 heavy (non-hydrogen) atoms. The first kappa shape index (κ1) is 23.3. The van der Waals surface area contributed by atoms with Crippen LogP contribution in [-0.2, 0) is 23.9 Å². The zero-order valence-corrected chi connectivity index (χ0v) is 18.7. The lowest BCUT2D eigenvalue weighted by Gasteiger charge is -2.21. The van der Waals surface area contributed by atoms with E-state index in [1.54, 1.807) is 0 Å². The molecular weight excluding hydrogens is 440 g/mol. The molecule has 2 aliphatic rings. The number of aliphatic carboxylic acids is 1. The van der Waals surface area contributed by atoms with Crippen LogP contribution in [0.15, 0.2) is 48.5 Å². The van der Waals surface area contributed by atoms with Gasteiger partial charge in [-0.15, -0.1) is 0 Å². The molecule has 0 aromatic heterocycles. The summed E-state index contributed by atoms with van der Waals surface area (Å²) >= 11 is 0. The van der Waals surface area contributed by atoms with E-state index in [0.717, 1.165) is 22.3 Å². The van der Waals surface area contributed by atoms with Gasteiger partial charge in [-0.1, -0.05) is 48.5 Å². The number of hydrogen-bond acceptors (Lipinski definition) is 6. The predicted molar refractivity (Wildman–Crippen MR) is 121 cm³/mol. The summed E-state index contributed by atoms with van der Waals surface area (Å²) < 4.78 is 10.0. The van der Waals surface area contributed by atoms with Gasteiger partial charge in [-0.2, -0.15) is 0 Å². The van der Waals surface area contributed by atoms with E-state index in [1.165, 1.54) is 7.11 Å². The molecule has 0 unspecified atom stereocenters. The van der Waals surface area contributed by atoms with E-state index >= 15 is 0 Å². The second-order valence-electron chi connectivity index (χ2n) is 8.51. The third-order valence-corrected chi connectivity index (χ3v) is 6.34. The minimum Gasteiger partial charge on any atom is -0.480 e. The van der Waals surface area contributed by atoms with Gasteiger partial charge in [-0.05, 0) is 41.5 Å². The monoisotopic (exact) mass is 466 g/mol. The average molecular weight is 466 g/mol. The molecule has 9 nitrogen and oxygen atoms in total. The molecule has 0 spiro atoms. The Morgan fingerprint density at radius 1 is 1.03 bits per heavy atom. The van der Waals surface area contributed by atoms with E-state index in [2.05, 4.69) is 15.4 Å². The van der Waals surface area contributed by atoms with Crippen LogP contribution in [0.25, 0.3) is 11.1 Å². The van der Waals surface area contributed by atoms with Crippen LogP contribution >= 0.6 is 0 Å². The summed E-state index contributed by atoms with van der Waals surface area (Å²) in [6, 6.07) is 14.7. The van der Waals surface area contributed by atoms with Gasteiger partial charge < -0.3 is 25.2 Å². The zero-order chi connectivity index (χ0) is 24.3. The number of esters is 1. The first-order valence-corrected chi connectivity index (χ1v) is 11.1. The molecule has 1 saturated carbocycles. The number of amides is 2. The molecule has 2 amide bonds. The van der Waals surface area contributed by atoms with Gasteiger partial charge in [-0.25, -0.2) is 9.59 Å². The zero-order valence-electron chi connectivity index (χ0n) is 18.7. The number of carboxylic acid groups (broad SMARTS) is 1. The highest BCUT2D eigenvalue weighted by molar-refractivity contribution is 5.95. The minimum atomic E-state index is -1.27. The van der Waals surface area contributed by atoms with E-state index in [1.807, 2.05) is 48.5 Å². The van der Waals surface area contributed by atoms with Crippen molar-refractivity contribution in [2.45, 2.75) is 43.2 Å². The normalized spacial score (nSPS) is 15.9. The SMILES string of the molecule is COC(=O)CC[C@H](NC(=O)C1(NC(=O)OCC2c3ccccc3-c3ccccc32)CC1)C(=O)O. The van der Waals surface area contributed by atoms with Gasteiger partial charge in [0.25, 0.3) is 0 Å². The minimum absolute atomic E-state index is 0.106. The van der Waals surface area contributed by atoms with E-state index in [-0.39, 0.29) is 25.4 Å².